The zero-order valence-electron chi connectivity index (χ0n) is 17.0. The number of aryl methyl sites for hydroxylation is 1. The van der Waals surface area contributed by atoms with E-state index in [2.05, 4.69) is 19.3 Å². The topological polar surface area (TPSA) is 101 Å². The average molecular weight is 427 g/mol. The number of fused-ring (bicyclic) bond motifs is 1. The van der Waals surface area contributed by atoms with Crippen LogP contribution in [0.15, 0.2) is 54.6 Å². The van der Waals surface area contributed by atoms with Gasteiger partial charge >= 0.3 is 0 Å². The van der Waals surface area contributed by atoms with E-state index < -0.39 is 7.82 Å². The second-order valence-corrected chi connectivity index (χ2v) is 8.30. The first kappa shape index (κ1) is 22.1. The highest BCUT2D eigenvalue weighted by molar-refractivity contribution is 7.45. The molecule has 0 saturated carbocycles. The summed E-state index contributed by atoms with van der Waals surface area (Å²) in [5.74, 6) is -0.163. The van der Waals surface area contributed by atoms with E-state index in [1.807, 2.05) is 61.5 Å². The van der Waals surface area contributed by atoms with Crippen LogP contribution in [-0.4, -0.2) is 31.2 Å². The molecular formula is C22H24N2O5P-. The molecule has 1 unspecified atom stereocenters. The number of nitrogens with zero attached hydrogens (tertiary/aromatic N) is 1. The van der Waals surface area contributed by atoms with Crippen LogP contribution in [0.1, 0.15) is 17.7 Å². The Bertz CT molecular complexity index is 1070. The summed E-state index contributed by atoms with van der Waals surface area (Å²) in [6, 6.07) is 17.8. The van der Waals surface area contributed by atoms with Crippen LogP contribution in [0.4, 0.5) is 0 Å². The number of para-hydroxylation sites is 1. The Balaban J connectivity index is 1.76. The first-order valence-corrected chi connectivity index (χ1v) is 11.1. The molecular weight excluding hydrogens is 403 g/mol. The van der Waals surface area contributed by atoms with E-state index in [0.717, 1.165) is 40.4 Å². The molecule has 2 aromatic carbocycles. The molecule has 0 fully saturated rings. The Kier molecular flexibility index (Phi) is 7.34. The van der Waals surface area contributed by atoms with E-state index in [1.165, 1.54) is 0 Å². The van der Waals surface area contributed by atoms with Crippen LogP contribution in [0, 0.1) is 6.92 Å². The van der Waals surface area contributed by atoms with Crippen molar-refractivity contribution < 1.29 is 23.3 Å². The third kappa shape index (κ3) is 5.52. The van der Waals surface area contributed by atoms with Gasteiger partial charge in [0, 0.05) is 24.7 Å². The monoisotopic (exact) mass is 427 g/mol. The molecule has 3 aromatic rings. The molecule has 0 spiro atoms. The predicted octanol–water partition coefficient (Wildman–Crippen LogP) is 3.39. The lowest BCUT2D eigenvalue weighted by atomic mass is 9.92. The summed E-state index contributed by atoms with van der Waals surface area (Å²) in [5, 5.41) is 3.81. The number of hydrogen-bond donors (Lipinski definition) is 1. The number of amides is 1. The summed E-state index contributed by atoms with van der Waals surface area (Å²) in [7, 11) is -3.19. The Hall–Kier alpha value is -2.57. The molecule has 0 aliphatic rings. The molecule has 1 aromatic heterocycles. The Morgan fingerprint density at radius 1 is 1.13 bits per heavy atom. The maximum atomic E-state index is 12.6. The maximum absolute atomic E-state index is 12.6. The summed E-state index contributed by atoms with van der Waals surface area (Å²) < 4.78 is 20.0. The number of hydrogen-bond acceptors (Lipinski definition) is 6. The summed E-state index contributed by atoms with van der Waals surface area (Å²) >= 11 is 0. The molecule has 1 N–H and O–H groups in total. The molecule has 0 aliphatic carbocycles. The fourth-order valence-electron chi connectivity index (χ4n) is 3.28. The molecule has 1 atom stereocenters. The van der Waals surface area contributed by atoms with Crippen molar-refractivity contribution in [2.75, 3.05) is 20.3 Å². The maximum Gasteiger partial charge on any atom is 0.267 e. The number of aromatic nitrogens is 1. The summed E-state index contributed by atoms with van der Waals surface area (Å²) in [4.78, 5) is 28.4. The van der Waals surface area contributed by atoms with E-state index >= 15 is 0 Å². The highest BCUT2D eigenvalue weighted by Gasteiger charge is 2.17. The first-order valence-electron chi connectivity index (χ1n) is 9.63. The molecule has 0 bridgehead atoms. The van der Waals surface area contributed by atoms with Gasteiger partial charge in [0.15, 0.2) is 0 Å². The van der Waals surface area contributed by atoms with Gasteiger partial charge in [0.25, 0.3) is 7.82 Å². The van der Waals surface area contributed by atoms with Crippen LogP contribution in [0.3, 0.4) is 0 Å². The van der Waals surface area contributed by atoms with E-state index in [-0.39, 0.29) is 18.9 Å². The van der Waals surface area contributed by atoms with Crippen molar-refractivity contribution in [3.05, 3.63) is 65.9 Å². The highest BCUT2D eigenvalue weighted by Crippen LogP contribution is 2.36. The van der Waals surface area contributed by atoms with Crippen molar-refractivity contribution in [2.45, 2.75) is 19.8 Å². The first-order chi connectivity index (χ1) is 14.4. The van der Waals surface area contributed by atoms with Gasteiger partial charge in [-0.1, -0.05) is 48.5 Å². The molecule has 30 heavy (non-hydrogen) atoms. The van der Waals surface area contributed by atoms with Crippen molar-refractivity contribution in [3.8, 4) is 11.1 Å². The Labute approximate surface area is 175 Å². The van der Waals surface area contributed by atoms with Gasteiger partial charge in [-0.2, -0.15) is 0 Å². The van der Waals surface area contributed by atoms with Crippen LogP contribution < -0.4 is 10.2 Å². The number of rotatable bonds is 9. The smallest absolute Gasteiger partial charge is 0.267 e. The van der Waals surface area contributed by atoms with Crippen molar-refractivity contribution >= 4 is 24.6 Å². The molecule has 0 saturated heterocycles. The van der Waals surface area contributed by atoms with Gasteiger partial charge < -0.3 is 19.3 Å². The van der Waals surface area contributed by atoms with Gasteiger partial charge in [-0.15, -0.1) is 0 Å². The average Bonchev–Trinajstić information content (AvgIpc) is 2.74. The Morgan fingerprint density at radius 2 is 1.83 bits per heavy atom. The van der Waals surface area contributed by atoms with Gasteiger partial charge in [0.1, 0.15) is 0 Å². The zero-order chi connectivity index (χ0) is 21.6. The summed E-state index contributed by atoms with van der Waals surface area (Å²) in [5.41, 5.74) is 4.59. The van der Waals surface area contributed by atoms with Crippen molar-refractivity contribution in [1.82, 2.24) is 10.3 Å². The molecule has 158 valence electrons. The van der Waals surface area contributed by atoms with E-state index in [1.54, 1.807) is 0 Å². The van der Waals surface area contributed by atoms with Crippen LogP contribution in [0.2, 0.25) is 0 Å². The normalized spacial score (nSPS) is 13.2. The summed E-state index contributed by atoms with van der Waals surface area (Å²) in [6.45, 7) is 2.15. The number of pyridine rings is 1. The Morgan fingerprint density at radius 3 is 2.57 bits per heavy atom. The second-order valence-electron chi connectivity index (χ2n) is 6.78. The number of carbonyl (C=O) groups is 1. The molecule has 7 nitrogen and oxygen atoms in total. The third-order valence-corrected chi connectivity index (χ3v) is 5.66. The van der Waals surface area contributed by atoms with Gasteiger partial charge in [-0.25, -0.2) is 0 Å². The SMILES string of the molecule is COP(=O)([O-])OCCCNC(=O)Cc1c(C)nc2ccccc2c1-c1ccccc1. The van der Waals surface area contributed by atoms with Gasteiger partial charge in [0.05, 0.1) is 18.5 Å². The van der Waals surface area contributed by atoms with E-state index in [9.17, 15) is 14.3 Å². The van der Waals surface area contributed by atoms with Gasteiger partial charge in [-0.3, -0.25) is 14.3 Å². The quantitative estimate of drug-likeness (QED) is 0.415. The van der Waals surface area contributed by atoms with Crippen LogP contribution in [0.25, 0.3) is 22.0 Å². The highest BCUT2D eigenvalue weighted by atomic mass is 31.2. The van der Waals surface area contributed by atoms with Crippen LogP contribution in [-0.2, 0) is 24.8 Å². The van der Waals surface area contributed by atoms with Crippen molar-refractivity contribution in [1.29, 1.82) is 0 Å². The largest absolute Gasteiger partial charge is 0.756 e. The van der Waals surface area contributed by atoms with E-state index in [4.69, 9.17) is 0 Å². The van der Waals surface area contributed by atoms with Crippen molar-refractivity contribution in [2.24, 2.45) is 0 Å². The van der Waals surface area contributed by atoms with Gasteiger partial charge in [-0.05, 0) is 36.1 Å². The minimum Gasteiger partial charge on any atom is -0.756 e. The molecule has 8 heteroatoms. The van der Waals surface area contributed by atoms with Crippen molar-refractivity contribution in [3.63, 3.8) is 0 Å². The lowest BCUT2D eigenvalue weighted by Gasteiger charge is -2.20. The standard InChI is InChI=1S/C22H25N2O5P/c1-16-19(15-21(25)23-13-8-14-29-30(26,27)28-2)22(17-9-4-3-5-10-17)18-11-6-7-12-20(18)24-16/h3-7,9-12H,8,13-15H2,1-2H3,(H,23,25)(H,26,27)/p-1. The lowest BCUT2D eigenvalue weighted by Crippen LogP contribution is -2.27. The number of phosphoric ester groups is 1. The number of carbonyl (C=O) groups excluding carboxylic acids is 1. The third-order valence-electron chi connectivity index (χ3n) is 4.72. The number of nitrogens with one attached hydrogen (secondary N) is 1. The van der Waals surface area contributed by atoms with Gasteiger partial charge in [0.2, 0.25) is 5.91 Å². The predicted molar refractivity (Wildman–Crippen MR) is 114 cm³/mol. The van der Waals surface area contributed by atoms with Crippen LogP contribution in [0.5, 0.6) is 0 Å². The van der Waals surface area contributed by atoms with E-state index in [0.29, 0.717) is 13.0 Å². The van der Waals surface area contributed by atoms with Crippen LogP contribution >= 0.6 is 7.82 Å². The molecule has 0 aliphatic heterocycles. The zero-order valence-corrected chi connectivity index (χ0v) is 17.9. The minimum absolute atomic E-state index is 0.0548. The molecule has 3 rings (SSSR count). The molecule has 1 heterocycles. The fraction of sp³-hybridized carbons (Fsp3) is 0.273. The minimum atomic E-state index is -4.23. The number of phosphoric acid groups is 1. The second kappa shape index (κ2) is 9.96. The molecule has 0 radical (unpaired) electrons. The summed E-state index contributed by atoms with van der Waals surface area (Å²) in [6.07, 6.45) is 0.523. The fourth-order valence-corrected chi connectivity index (χ4v) is 3.74. The number of benzene rings is 2. The molecule has 1 amide bonds. The lowest BCUT2D eigenvalue weighted by molar-refractivity contribution is -0.222.